The number of nitrogens with one attached hydrogen (secondary N) is 1. The van der Waals surface area contributed by atoms with E-state index < -0.39 is 0 Å². The largest absolute Gasteiger partial charge is 0.486 e. The highest BCUT2D eigenvalue weighted by atomic mass is 32.2. The second-order valence-corrected chi connectivity index (χ2v) is 4.19. The van der Waals surface area contributed by atoms with Crippen molar-refractivity contribution in [2.45, 2.75) is 11.0 Å². The number of thioether (sulfide) groups is 1. The van der Waals surface area contributed by atoms with Gasteiger partial charge in [0.25, 0.3) is 0 Å². The van der Waals surface area contributed by atoms with E-state index in [4.69, 9.17) is 10.00 Å². The third-order valence-electron chi connectivity index (χ3n) is 2.36. The molecule has 3 nitrogen and oxygen atoms in total. The van der Waals surface area contributed by atoms with E-state index in [9.17, 15) is 0 Å². The van der Waals surface area contributed by atoms with Crippen molar-refractivity contribution < 1.29 is 4.74 Å². The molecule has 15 heavy (non-hydrogen) atoms. The summed E-state index contributed by atoms with van der Waals surface area (Å²) in [7, 11) is 0. The molecule has 1 heterocycles. The van der Waals surface area contributed by atoms with Gasteiger partial charge in [0.1, 0.15) is 23.5 Å². The minimum atomic E-state index is 0.217. The van der Waals surface area contributed by atoms with Crippen LogP contribution >= 0.6 is 11.8 Å². The maximum Gasteiger partial charge on any atom is 0.138 e. The van der Waals surface area contributed by atoms with Gasteiger partial charge in [0.15, 0.2) is 0 Å². The number of nitriles is 1. The zero-order chi connectivity index (χ0) is 10.7. The number of benzene rings is 1. The van der Waals surface area contributed by atoms with Gasteiger partial charge in [0.05, 0.1) is 0 Å². The number of hydrogen-bond acceptors (Lipinski definition) is 4. The smallest absolute Gasteiger partial charge is 0.138 e. The minimum Gasteiger partial charge on any atom is -0.486 e. The van der Waals surface area contributed by atoms with Gasteiger partial charge in [-0.25, -0.2) is 0 Å². The second kappa shape index (κ2) is 4.56. The van der Waals surface area contributed by atoms with Crippen LogP contribution in [-0.4, -0.2) is 25.4 Å². The van der Waals surface area contributed by atoms with E-state index in [0.717, 1.165) is 18.0 Å². The van der Waals surface area contributed by atoms with E-state index in [-0.39, 0.29) is 6.10 Å². The van der Waals surface area contributed by atoms with Crippen molar-refractivity contribution in [2.24, 2.45) is 0 Å². The maximum atomic E-state index is 9.08. The van der Waals surface area contributed by atoms with Crippen molar-refractivity contribution >= 4 is 11.8 Å². The van der Waals surface area contributed by atoms with E-state index in [2.05, 4.69) is 11.4 Å². The molecule has 0 radical (unpaired) electrons. The summed E-state index contributed by atoms with van der Waals surface area (Å²) in [5.41, 5.74) is 0.650. The molecule has 1 saturated heterocycles. The summed E-state index contributed by atoms with van der Waals surface area (Å²) in [6.07, 6.45) is 2.18. The highest BCUT2D eigenvalue weighted by Gasteiger charge is 2.20. The van der Waals surface area contributed by atoms with Crippen molar-refractivity contribution in [1.82, 2.24) is 5.32 Å². The molecule has 1 N–H and O–H groups in total. The van der Waals surface area contributed by atoms with Crippen LogP contribution in [-0.2, 0) is 0 Å². The van der Waals surface area contributed by atoms with Crippen LogP contribution in [0.15, 0.2) is 23.1 Å². The summed E-state index contributed by atoms with van der Waals surface area (Å²) in [4.78, 5) is 0.974. The number of ether oxygens (including phenoxy) is 1. The molecule has 1 aliphatic rings. The van der Waals surface area contributed by atoms with Gasteiger partial charge in [-0.2, -0.15) is 5.26 Å². The molecule has 0 aromatic heterocycles. The van der Waals surface area contributed by atoms with Crippen LogP contribution in [0.4, 0.5) is 0 Å². The molecule has 2 rings (SSSR count). The van der Waals surface area contributed by atoms with Crippen LogP contribution in [0.5, 0.6) is 5.75 Å². The Balaban J connectivity index is 2.25. The van der Waals surface area contributed by atoms with E-state index >= 15 is 0 Å². The fourth-order valence-electron chi connectivity index (χ4n) is 1.41. The standard InChI is InChI=1S/C11H12N2OS/c1-15-11-4-2-3-10(9(11)5-12)14-8-6-13-7-8/h2-4,8,13H,6-7H2,1H3. The van der Waals surface area contributed by atoms with Crippen LogP contribution in [0, 0.1) is 11.3 Å². The lowest BCUT2D eigenvalue weighted by Gasteiger charge is -2.28. The van der Waals surface area contributed by atoms with Crippen molar-refractivity contribution in [3.05, 3.63) is 23.8 Å². The Bertz CT molecular complexity index is 396. The van der Waals surface area contributed by atoms with Crippen molar-refractivity contribution in [1.29, 1.82) is 5.26 Å². The van der Waals surface area contributed by atoms with Crippen molar-refractivity contribution in [3.63, 3.8) is 0 Å². The third kappa shape index (κ3) is 2.09. The summed E-state index contributed by atoms with van der Waals surface area (Å²) >= 11 is 1.57. The van der Waals surface area contributed by atoms with Gasteiger partial charge in [-0.05, 0) is 18.4 Å². The van der Waals surface area contributed by atoms with Crippen LogP contribution < -0.4 is 10.1 Å². The molecule has 0 saturated carbocycles. The monoisotopic (exact) mass is 220 g/mol. The van der Waals surface area contributed by atoms with Gasteiger partial charge in [-0.3, -0.25) is 0 Å². The van der Waals surface area contributed by atoms with Gasteiger partial charge < -0.3 is 10.1 Å². The molecule has 1 fully saturated rings. The van der Waals surface area contributed by atoms with E-state index in [1.807, 2.05) is 24.5 Å². The van der Waals surface area contributed by atoms with E-state index in [0.29, 0.717) is 11.3 Å². The topological polar surface area (TPSA) is 45.0 Å². The molecule has 1 aliphatic heterocycles. The first-order valence-corrected chi connectivity index (χ1v) is 6.02. The lowest BCUT2D eigenvalue weighted by Crippen LogP contribution is -2.50. The Morgan fingerprint density at radius 1 is 1.53 bits per heavy atom. The van der Waals surface area contributed by atoms with Gasteiger partial charge in [0.2, 0.25) is 0 Å². The summed E-state index contributed by atoms with van der Waals surface area (Å²) < 4.78 is 5.72. The van der Waals surface area contributed by atoms with E-state index in [1.54, 1.807) is 11.8 Å². The Labute approximate surface area is 93.4 Å². The highest BCUT2D eigenvalue weighted by molar-refractivity contribution is 7.98. The summed E-state index contributed by atoms with van der Waals surface area (Å²) in [6.45, 7) is 1.74. The Kier molecular flexibility index (Phi) is 3.14. The lowest BCUT2D eigenvalue weighted by atomic mass is 10.2. The normalized spacial score (nSPS) is 15.5. The number of nitrogens with zero attached hydrogens (tertiary/aromatic N) is 1. The fourth-order valence-corrected chi connectivity index (χ4v) is 1.98. The summed E-state index contributed by atoms with van der Waals surface area (Å²) in [5, 5.41) is 12.2. The molecule has 1 aromatic rings. The first-order valence-electron chi connectivity index (χ1n) is 4.79. The molecule has 0 aliphatic carbocycles. The minimum absolute atomic E-state index is 0.217. The molecular formula is C11H12N2OS. The van der Waals surface area contributed by atoms with Gasteiger partial charge >= 0.3 is 0 Å². The van der Waals surface area contributed by atoms with Gasteiger partial charge in [-0.1, -0.05) is 6.07 Å². The third-order valence-corrected chi connectivity index (χ3v) is 3.14. The van der Waals surface area contributed by atoms with Gasteiger partial charge in [0, 0.05) is 18.0 Å². The Morgan fingerprint density at radius 2 is 2.33 bits per heavy atom. The molecule has 78 valence electrons. The summed E-state index contributed by atoms with van der Waals surface area (Å²) in [6, 6.07) is 7.92. The van der Waals surface area contributed by atoms with Crippen LogP contribution in [0.25, 0.3) is 0 Å². The maximum absolute atomic E-state index is 9.08. The van der Waals surface area contributed by atoms with Crippen LogP contribution in [0.2, 0.25) is 0 Å². The molecular weight excluding hydrogens is 208 g/mol. The Morgan fingerprint density at radius 3 is 2.87 bits per heavy atom. The van der Waals surface area contributed by atoms with Gasteiger partial charge in [-0.15, -0.1) is 11.8 Å². The average molecular weight is 220 g/mol. The van der Waals surface area contributed by atoms with Crippen LogP contribution in [0.3, 0.4) is 0 Å². The fraction of sp³-hybridized carbons (Fsp3) is 0.364. The first-order chi connectivity index (χ1) is 7.35. The molecule has 4 heteroatoms. The number of rotatable bonds is 3. The molecule has 0 bridgehead atoms. The summed E-state index contributed by atoms with van der Waals surface area (Å²) in [5.74, 6) is 0.704. The Hall–Kier alpha value is -1.18. The second-order valence-electron chi connectivity index (χ2n) is 3.34. The lowest BCUT2D eigenvalue weighted by molar-refractivity contribution is 0.141. The molecule has 0 unspecified atom stereocenters. The molecule has 0 amide bonds. The zero-order valence-corrected chi connectivity index (χ0v) is 9.30. The number of hydrogen-bond donors (Lipinski definition) is 1. The predicted molar refractivity (Wildman–Crippen MR) is 60.2 cm³/mol. The average Bonchev–Trinajstić information content (AvgIpc) is 2.22. The van der Waals surface area contributed by atoms with Crippen LogP contribution in [0.1, 0.15) is 5.56 Å². The SMILES string of the molecule is CSc1cccc(OC2CNC2)c1C#N. The molecule has 0 spiro atoms. The molecule has 0 atom stereocenters. The van der Waals surface area contributed by atoms with Crippen molar-refractivity contribution in [2.75, 3.05) is 19.3 Å². The zero-order valence-electron chi connectivity index (χ0n) is 8.49. The predicted octanol–water partition coefficient (Wildman–Crippen LogP) is 1.63. The first kappa shape index (κ1) is 10.3. The highest BCUT2D eigenvalue weighted by Crippen LogP contribution is 2.28. The molecule has 1 aromatic carbocycles. The quantitative estimate of drug-likeness (QED) is 0.786. The van der Waals surface area contributed by atoms with Crippen molar-refractivity contribution in [3.8, 4) is 11.8 Å². The van der Waals surface area contributed by atoms with E-state index in [1.165, 1.54) is 0 Å².